The molecule has 0 saturated carbocycles. The molecule has 0 aliphatic heterocycles. The smallest absolute Gasteiger partial charge is 0.383 e. The maximum atomic E-state index is 12.6. The number of carbonyl (C=O) groups excluding carboxylic acids is 1. The summed E-state index contributed by atoms with van der Waals surface area (Å²) in [5.41, 5.74) is 5.63. The lowest BCUT2D eigenvalue weighted by Gasteiger charge is -1.96. The highest BCUT2D eigenvalue weighted by molar-refractivity contribution is 7.77. The second-order valence-electron chi connectivity index (χ2n) is 2.19. The third-order valence-corrected chi connectivity index (χ3v) is 1.33. The van der Waals surface area contributed by atoms with Gasteiger partial charge in [-0.1, -0.05) is 0 Å². The first-order valence-electron chi connectivity index (χ1n) is 3.30. The number of carbonyl (C=O) groups is 1. The molecule has 0 aromatic carbocycles. The average molecular weight is 200 g/mol. The minimum Gasteiger partial charge on any atom is -0.383 e. The van der Waals surface area contributed by atoms with Gasteiger partial charge in [-0.3, -0.25) is 4.98 Å². The Morgan fingerprint density at radius 2 is 2.31 bits per heavy atom. The van der Waals surface area contributed by atoms with Gasteiger partial charge in [0.1, 0.15) is 11.7 Å². The molecule has 1 rings (SSSR count). The van der Waals surface area contributed by atoms with Crippen molar-refractivity contribution in [3.8, 4) is 0 Å². The zero-order valence-electron chi connectivity index (χ0n) is 6.49. The molecule has 0 saturated heterocycles. The minimum absolute atomic E-state index is 0.0769. The summed E-state index contributed by atoms with van der Waals surface area (Å²) in [6, 6.07) is 1.14. The van der Waals surface area contributed by atoms with Crippen molar-refractivity contribution in [1.29, 1.82) is 0 Å². The third-order valence-electron chi connectivity index (χ3n) is 1.22. The Morgan fingerprint density at radius 3 is 2.85 bits per heavy atom. The molecular weight excluding hydrogens is 193 g/mol. The minimum atomic E-state index is -0.623. The quantitative estimate of drug-likeness (QED) is 0.396. The molecule has 13 heavy (non-hydrogen) atoms. The van der Waals surface area contributed by atoms with Crippen molar-refractivity contribution in [3.05, 3.63) is 29.8 Å². The largest absolute Gasteiger partial charge is 0.452 e. The van der Waals surface area contributed by atoms with Crippen molar-refractivity contribution in [3.63, 3.8) is 0 Å². The molecule has 2 N–H and O–H groups in total. The molecule has 1 aromatic heterocycles. The number of hydrogen-bond donors (Lipinski definition) is 1. The monoisotopic (exact) mass is 200 g/mol. The van der Waals surface area contributed by atoms with Crippen LogP contribution >= 0.6 is 0 Å². The first kappa shape index (κ1) is 9.66. The molecular formula is C7H7FN3OS+. The number of halogens is 1. The van der Waals surface area contributed by atoms with E-state index in [1.807, 2.05) is 0 Å². The number of aliphatic imine (C=N–C) groups is 1. The van der Waals surface area contributed by atoms with Crippen LogP contribution in [0.2, 0.25) is 0 Å². The highest BCUT2D eigenvalue weighted by atomic mass is 32.1. The Kier molecular flexibility index (Phi) is 2.97. The van der Waals surface area contributed by atoms with Crippen molar-refractivity contribution in [1.82, 2.24) is 4.98 Å². The zero-order chi connectivity index (χ0) is 9.84. The van der Waals surface area contributed by atoms with Crippen molar-refractivity contribution in [2.24, 2.45) is 10.7 Å². The summed E-state index contributed by atoms with van der Waals surface area (Å²) < 4.78 is 12.6. The number of amides is 1. The molecule has 0 unspecified atom stereocenters. The molecule has 1 aromatic rings. The van der Waals surface area contributed by atoms with Crippen LogP contribution in [-0.2, 0) is 12.6 Å². The van der Waals surface area contributed by atoms with Gasteiger partial charge in [0.05, 0.1) is 18.8 Å². The summed E-state index contributed by atoms with van der Waals surface area (Å²) in [5, 5.41) is -0.623. The van der Waals surface area contributed by atoms with E-state index in [4.69, 9.17) is 5.73 Å². The molecule has 1 heterocycles. The predicted octanol–water partition coefficient (Wildman–Crippen LogP) is 0.0575. The Bertz CT molecular complexity index is 367. The summed E-state index contributed by atoms with van der Waals surface area (Å²) in [5.74, 6) is -0.607. The second kappa shape index (κ2) is 3.99. The van der Waals surface area contributed by atoms with Gasteiger partial charge in [0.25, 0.3) is 0 Å². The molecule has 4 nitrogen and oxygen atoms in total. The molecule has 68 valence electrons. The standard InChI is InChI=1S/C7H6FN3OS/c8-5-1-4(2-10-3-5)6(9)11-7(12)13/h1-3H,(H3,9,11,12,13)/p+1. The van der Waals surface area contributed by atoms with Gasteiger partial charge in [-0.15, -0.1) is 4.99 Å². The van der Waals surface area contributed by atoms with Crippen LogP contribution in [0, 0.1) is 5.82 Å². The van der Waals surface area contributed by atoms with Gasteiger partial charge >= 0.3 is 5.24 Å². The van der Waals surface area contributed by atoms with Gasteiger partial charge in [-0.05, 0) is 6.07 Å². The summed E-state index contributed by atoms with van der Waals surface area (Å²) in [7, 11) is 0. The van der Waals surface area contributed by atoms with E-state index in [2.05, 4.69) is 22.6 Å². The number of rotatable bonds is 1. The number of amidine groups is 1. The molecule has 6 heteroatoms. The maximum absolute atomic E-state index is 12.6. The van der Waals surface area contributed by atoms with E-state index >= 15 is 0 Å². The Morgan fingerprint density at radius 1 is 1.62 bits per heavy atom. The number of nitrogens with zero attached hydrogens (tertiary/aromatic N) is 2. The van der Waals surface area contributed by atoms with E-state index in [-0.39, 0.29) is 11.4 Å². The molecule has 0 aliphatic rings. The van der Waals surface area contributed by atoms with Gasteiger partial charge in [-0.25, -0.2) is 9.18 Å². The van der Waals surface area contributed by atoms with Crippen LogP contribution in [0.3, 0.4) is 0 Å². The number of hydrogen-bond acceptors (Lipinski definition) is 2. The average Bonchev–Trinajstić information content (AvgIpc) is 2.03. The lowest BCUT2D eigenvalue weighted by atomic mass is 10.2. The topological polar surface area (TPSA) is 68.3 Å². The lowest BCUT2D eigenvalue weighted by Crippen LogP contribution is -2.15. The van der Waals surface area contributed by atoms with Gasteiger partial charge in [0.2, 0.25) is 0 Å². The van der Waals surface area contributed by atoms with Crippen molar-refractivity contribution in [2.75, 3.05) is 0 Å². The van der Waals surface area contributed by atoms with Crippen LogP contribution in [0.15, 0.2) is 23.5 Å². The highest BCUT2D eigenvalue weighted by Gasteiger charge is 2.04. The van der Waals surface area contributed by atoms with E-state index < -0.39 is 11.1 Å². The van der Waals surface area contributed by atoms with E-state index in [9.17, 15) is 9.18 Å². The molecule has 0 fully saturated rings. The first-order chi connectivity index (χ1) is 6.09. The van der Waals surface area contributed by atoms with Gasteiger partial charge in [-0.2, -0.15) is 0 Å². The zero-order valence-corrected chi connectivity index (χ0v) is 7.49. The van der Waals surface area contributed by atoms with Crippen LogP contribution in [0.4, 0.5) is 9.18 Å². The van der Waals surface area contributed by atoms with Crippen LogP contribution in [0.5, 0.6) is 0 Å². The van der Waals surface area contributed by atoms with E-state index in [0.29, 0.717) is 0 Å². The first-order valence-corrected chi connectivity index (χ1v) is 3.80. The van der Waals surface area contributed by atoms with Crippen LogP contribution in [-0.4, -0.2) is 16.1 Å². The normalized spacial score (nSPS) is 11.4. The maximum Gasteiger partial charge on any atom is 0.452 e. The van der Waals surface area contributed by atoms with Crippen molar-refractivity contribution >= 4 is 23.7 Å². The van der Waals surface area contributed by atoms with Gasteiger partial charge in [0.15, 0.2) is 0 Å². The van der Waals surface area contributed by atoms with Crippen molar-refractivity contribution in [2.45, 2.75) is 0 Å². The number of pyridine rings is 1. The van der Waals surface area contributed by atoms with Crippen molar-refractivity contribution < 1.29 is 9.18 Å². The van der Waals surface area contributed by atoms with Crippen LogP contribution < -0.4 is 5.73 Å². The molecule has 0 atom stereocenters. The van der Waals surface area contributed by atoms with Crippen LogP contribution in [0.1, 0.15) is 5.56 Å². The fourth-order valence-electron chi connectivity index (χ4n) is 0.726. The Balaban J connectivity index is 3.02. The predicted molar refractivity (Wildman–Crippen MR) is 50.5 cm³/mol. The molecule has 0 spiro atoms. The second-order valence-corrected chi connectivity index (χ2v) is 2.62. The lowest BCUT2D eigenvalue weighted by molar-refractivity contribution is 0.267. The van der Waals surface area contributed by atoms with E-state index in [0.717, 1.165) is 12.3 Å². The van der Waals surface area contributed by atoms with Gasteiger partial charge < -0.3 is 5.73 Å². The molecule has 0 aliphatic carbocycles. The summed E-state index contributed by atoms with van der Waals surface area (Å²) in [6.45, 7) is 0. The summed E-state index contributed by atoms with van der Waals surface area (Å²) >= 11 is 2.62. The fourth-order valence-corrected chi connectivity index (χ4v) is 0.846. The molecule has 0 bridgehead atoms. The number of aromatic nitrogens is 1. The van der Waals surface area contributed by atoms with Gasteiger partial charge in [0, 0.05) is 11.8 Å². The highest BCUT2D eigenvalue weighted by Crippen LogP contribution is 2.00. The van der Waals surface area contributed by atoms with E-state index in [1.165, 1.54) is 6.20 Å². The Hall–Kier alpha value is -1.43. The van der Waals surface area contributed by atoms with Crippen LogP contribution in [0.25, 0.3) is 0 Å². The van der Waals surface area contributed by atoms with E-state index in [1.54, 1.807) is 0 Å². The molecule has 1 amide bonds. The SMILES string of the molecule is NC(=NC(=O)[SH2+])c1cncc(F)c1. The number of nitrogens with two attached hydrogens (primary N) is 1. The Labute approximate surface area is 79.1 Å². The summed E-state index contributed by atoms with van der Waals surface area (Å²) in [4.78, 5) is 17.3. The fraction of sp³-hybridized carbons (Fsp3) is 0. The third kappa shape index (κ3) is 2.83. The summed E-state index contributed by atoms with van der Waals surface area (Å²) in [6.07, 6.45) is 2.35. The molecule has 0 radical (unpaired) electrons.